The number of aliphatic hydroxyl groups is 1. The van der Waals surface area contributed by atoms with Crippen molar-refractivity contribution in [2.45, 2.75) is 63.0 Å². The molecule has 1 aromatic rings. The van der Waals surface area contributed by atoms with Crippen LogP contribution >= 0.6 is 0 Å². The average Bonchev–Trinajstić information content (AvgIpc) is 3.70. The molecule has 2 aliphatic carbocycles. The molecule has 0 radical (unpaired) electrons. The second-order valence-electron chi connectivity index (χ2n) is 9.87. The van der Waals surface area contributed by atoms with Crippen LogP contribution in [0.25, 0.3) is 0 Å². The van der Waals surface area contributed by atoms with E-state index in [0.29, 0.717) is 30.4 Å². The van der Waals surface area contributed by atoms with Crippen molar-refractivity contribution in [2.75, 3.05) is 26.7 Å². The monoisotopic (exact) mass is 474 g/mol. The summed E-state index contributed by atoms with van der Waals surface area (Å²) in [7, 11) is -2.10. The summed E-state index contributed by atoms with van der Waals surface area (Å²) in [6.07, 6.45) is 4.60. The van der Waals surface area contributed by atoms with E-state index in [0.717, 1.165) is 25.7 Å². The first-order valence-corrected chi connectivity index (χ1v) is 13.3. The van der Waals surface area contributed by atoms with Crippen LogP contribution in [0.2, 0.25) is 0 Å². The maximum Gasteiger partial charge on any atom is 0.247 e. The fraction of sp³-hybridized carbons (Fsp3) is 0.640. The summed E-state index contributed by atoms with van der Waals surface area (Å²) in [6, 6.07) is 4.38. The Bertz CT molecular complexity index is 1050. The molecule has 7 nitrogen and oxygen atoms in total. The van der Waals surface area contributed by atoms with Gasteiger partial charge in [-0.25, -0.2) is 8.42 Å². The Morgan fingerprint density at radius 1 is 1.30 bits per heavy atom. The number of ether oxygens (including phenoxy) is 1. The van der Waals surface area contributed by atoms with Crippen LogP contribution < -0.4 is 4.74 Å². The number of carbonyl (C=O) groups excluding carboxylic acids is 1. The number of nitrogens with zero attached hydrogens (tertiary/aromatic N) is 2. The lowest BCUT2D eigenvalue weighted by Gasteiger charge is -2.37. The maximum absolute atomic E-state index is 13.5. The van der Waals surface area contributed by atoms with Crippen LogP contribution in [0.15, 0.2) is 23.1 Å². The van der Waals surface area contributed by atoms with Crippen molar-refractivity contribution in [2.24, 2.45) is 17.8 Å². The number of benzene rings is 1. The van der Waals surface area contributed by atoms with Gasteiger partial charge in [-0.05, 0) is 56.7 Å². The van der Waals surface area contributed by atoms with E-state index in [1.165, 1.54) is 4.31 Å². The van der Waals surface area contributed by atoms with Gasteiger partial charge < -0.3 is 14.7 Å². The van der Waals surface area contributed by atoms with E-state index in [2.05, 4.69) is 11.8 Å². The number of sulfonamides is 1. The summed E-state index contributed by atoms with van der Waals surface area (Å²) < 4.78 is 34.7. The van der Waals surface area contributed by atoms with Crippen molar-refractivity contribution in [3.05, 3.63) is 23.8 Å². The highest BCUT2D eigenvalue weighted by Gasteiger charge is 2.38. The lowest BCUT2D eigenvalue weighted by atomic mass is 10.0. The van der Waals surface area contributed by atoms with Crippen LogP contribution in [0.5, 0.6) is 5.75 Å². The van der Waals surface area contributed by atoms with Gasteiger partial charge in [0, 0.05) is 43.5 Å². The molecule has 2 saturated carbocycles. The Morgan fingerprint density at radius 2 is 2.03 bits per heavy atom. The normalized spacial score (nSPS) is 25.5. The van der Waals surface area contributed by atoms with E-state index in [1.54, 1.807) is 37.1 Å². The molecule has 1 aromatic carbocycles. The van der Waals surface area contributed by atoms with Gasteiger partial charge in [-0.2, -0.15) is 4.31 Å². The summed E-state index contributed by atoms with van der Waals surface area (Å²) in [5.74, 6) is 7.42. The number of carbonyl (C=O) groups is 1. The Kier molecular flexibility index (Phi) is 7.04. The Labute approximate surface area is 197 Å². The predicted octanol–water partition coefficient (Wildman–Crippen LogP) is 2.48. The second kappa shape index (κ2) is 9.65. The summed E-state index contributed by atoms with van der Waals surface area (Å²) in [4.78, 5) is 14.4. The molecule has 180 valence electrons. The van der Waals surface area contributed by atoms with Gasteiger partial charge in [0.1, 0.15) is 16.7 Å². The van der Waals surface area contributed by atoms with Crippen molar-refractivity contribution < 1.29 is 23.1 Å². The van der Waals surface area contributed by atoms with Gasteiger partial charge in [-0.3, -0.25) is 4.79 Å². The molecule has 1 N–H and O–H groups in total. The van der Waals surface area contributed by atoms with Gasteiger partial charge in [-0.15, -0.1) is 0 Å². The molecule has 0 bridgehead atoms. The van der Waals surface area contributed by atoms with Crippen LogP contribution in [0, 0.1) is 29.6 Å². The summed E-state index contributed by atoms with van der Waals surface area (Å²) in [5.41, 5.74) is 0.711. The molecule has 1 heterocycles. The van der Waals surface area contributed by atoms with Gasteiger partial charge in [-0.1, -0.05) is 18.8 Å². The van der Waals surface area contributed by atoms with Crippen molar-refractivity contribution in [3.63, 3.8) is 0 Å². The zero-order chi connectivity index (χ0) is 23.8. The van der Waals surface area contributed by atoms with Crippen LogP contribution in [-0.2, 0) is 14.8 Å². The lowest BCUT2D eigenvalue weighted by molar-refractivity contribution is -0.131. The Balaban J connectivity index is 1.67. The zero-order valence-electron chi connectivity index (χ0n) is 19.7. The second-order valence-corrected chi connectivity index (χ2v) is 11.7. The highest BCUT2D eigenvalue weighted by atomic mass is 32.2. The number of aliphatic hydroxyl groups excluding tert-OH is 1. The molecule has 0 spiro atoms. The summed E-state index contributed by atoms with van der Waals surface area (Å²) >= 11 is 0. The average molecular weight is 475 g/mol. The number of hydrogen-bond donors (Lipinski definition) is 1. The van der Waals surface area contributed by atoms with E-state index >= 15 is 0 Å². The van der Waals surface area contributed by atoms with E-state index in [-0.39, 0.29) is 35.6 Å². The Hall–Kier alpha value is -2.08. The molecule has 0 aromatic heterocycles. The van der Waals surface area contributed by atoms with Gasteiger partial charge >= 0.3 is 0 Å². The van der Waals surface area contributed by atoms with Crippen LogP contribution in [0.1, 0.15) is 51.5 Å². The largest absolute Gasteiger partial charge is 0.487 e. The molecule has 1 aliphatic heterocycles. The third kappa shape index (κ3) is 5.71. The van der Waals surface area contributed by atoms with Gasteiger partial charge in [0.2, 0.25) is 15.9 Å². The standard InChI is InChI=1S/C25H34N2O5S/c1-17-14-27(18(2)16-28)33(30,31)24-11-10-20(7-6-19-4-5-19)12-22(24)32-23(17)15-26(3)25(29)13-21-8-9-21/h10-12,17-19,21,23,28H,4-5,8-9,13-16H2,1-3H3/t17-,18-,23+/m0/s1. The molecule has 33 heavy (non-hydrogen) atoms. The fourth-order valence-electron chi connectivity index (χ4n) is 4.03. The van der Waals surface area contributed by atoms with Gasteiger partial charge in [0.25, 0.3) is 0 Å². The molecule has 1 amide bonds. The van der Waals surface area contributed by atoms with Crippen LogP contribution in [-0.4, -0.2) is 67.5 Å². The highest BCUT2D eigenvalue weighted by Crippen LogP contribution is 2.35. The minimum atomic E-state index is -3.88. The molecular weight excluding hydrogens is 440 g/mol. The number of likely N-dealkylation sites (N-methyl/N-ethyl adjacent to an activating group) is 1. The number of amides is 1. The predicted molar refractivity (Wildman–Crippen MR) is 125 cm³/mol. The van der Waals surface area contributed by atoms with Crippen LogP contribution in [0.3, 0.4) is 0 Å². The first-order valence-electron chi connectivity index (χ1n) is 11.9. The highest BCUT2D eigenvalue weighted by molar-refractivity contribution is 7.89. The third-order valence-corrected chi connectivity index (χ3v) is 8.72. The number of fused-ring (bicyclic) bond motifs is 1. The SMILES string of the molecule is C[C@H]1CN([C@@H](C)CO)S(=O)(=O)c2ccc(C#CC3CC3)cc2O[C@@H]1CN(C)C(=O)CC1CC1. The molecule has 4 rings (SSSR count). The molecular formula is C25H34N2O5S. The minimum Gasteiger partial charge on any atom is -0.487 e. The maximum atomic E-state index is 13.5. The van der Waals surface area contributed by atoms with Gasteiger partial charge in [0.05, 0.1) is 13.2 Å². The van der Waals surface area contributed by atoms with Crippen molar-refractivity contribution in [1.29, 1.82) is 0 Å². The smallest absolute Gasteiger partial charge is 0.247 e. The third-order valence-electron chi connectivity index (χ3n) is 6.70. The summed E-state index contributed by atoms with van der Waals surface area (Å²) in [5, 5.41) is 9.75. The van der Waals surface area contributed by atoms with Gasteiger partial charge in [0.15, 0.2) is 0 Å². The van der Waals surface area contributed by atoms with E-state index in [9.17, 15) is 18.3 Å². The molecule has 3 atom stereocenters. The molecule has 2 fully saturated rings. The topological polar surface area (TPSA) is 87.2 Å². The minimum absolute atomic E-state index is 0.0728. The zero-order valence-corrected chi connectivity index (χ0v) is 20.5. The summed E-state index contributed by atoms with van der Waals surface area (Å²) in [6.45, 7) is 3.91. The number of rotatable bonds is 6. The fourth-order valence-corrected chi connectivity index (χ4v) is 5.86. The van der Waals surface area contributed by atoms with E-state index in [1.807, 2.05) is 6.92 Å². The lowest BCUT2D eigenvalue weighted by Crippen LogP contribution is -2.50. The van der Waals surface area contributed by atoms with Crippen molar-refractivity contribution in [3.8, 4) is 17.6 Å². The van der Waals surface area contributed by atoms with E-state index in [4.69, 9.17) is 4.74 Å². The van der Waals surface area contributed by atoms with Crippen molar-refractivity contribution >= 4 is 15.9 Å². The molecule has 0 unspecified atom stereocenters. The molecule has 8 heteroatoms. The van der Waals surface area contributed by atoms with Crippen molar-refractivity contribution in [1.82, 2.24) is 9.21 Å². The molecule has 3 aliphatic rings. The quantitative estimate of drug-likeness (QED) is 0.640. The first-order chi connectivity index (χ1) is 15.7. The number of hydrogen-bond acceptors (Lipinski definition) is 5. The Morgan fingerprint density at radius 3 is 2.67 bits per heavy atom. The molecule has 0 saturated heterocycles. The van der Waals surface area contributed by atoms with Crippen LogP contribution in [0.4, 0.5) is 0 Å². The van der Waals surface area contributed by atoms with E-state index < -0.39 is 22.2 Å². The first kappa shape index (κ1) is 24.1.